The van der Waals surface area contributed by atoms with E-state index in [0.717, 1.165) is 11.3 Å². The van der Waals surface area contributed by atoms with Gasteiger partial charge in [0.25, 0.3) is 5.91 Å². The molecule has 1 amide bonds. The van der Waals surface area contributed by atoms with Gasteiger partial charge in [-0.1, -0.05) is 29.5 Å². The van der Waals surface area contributed by atoms with Crippen LogP contribution in [0.4, 0.5) is 5.13 Å². The Morgan fingerprint density at radius 1 is 1.21 bits per heavy atom. The predicted octanol–water partition coefficient (Wildman–Crippen LogP) is 4.24. The molecule has 28 heavy (non-hydrogen) atoms. The summed E-state index contributed by atoms with van der Waals surface area (Å²) in [6, 6.07) is 15.4. The van der Waals surface area contributed by atoms with E-state index >= 15 is 0 Å². The maximum Gasteiger partial charge on any atom is 0.350 e. The minimum Gasteiger partial charge on any atom is -0.462 e. The quantitative estimate of drug-likeness (QED) is 0.629. The van der Waals surface area contributed by atoms with Crippen molar-refractivity contribution in [2.75, 3.05) is 11.9 Å². The number of nitriles is 1. The number of nitrogens with one attached hydrogen (secondary N) is 1. The fraction of sp³-hybridized carbons (Fsp3) is 0.100. The van der Waals surface area contributed by atoms with Crippen molar-refractivity contribution in [2.24, 2.45) is 0 Å². The van der Waals surface area contributed by atoms with Gasteiger partial charge >= 0.3 is 5.97 Å². The van der Waals surface area contributed by atoms with Crippen molar-refractivity contribution in [3.05, 3.63) is 70.7 Å². The summed E-state index contributed by atoms with van der Waals surface area (Å²) >= 11 is 1.03. The average molecular weight is 393 g/mol. The van der Waals surface area contributed by atoms with E-state index < -0.39 is 11.9 Å². The van der Waals surface area contributed by atoms with Gasteiger partial charge in [-0.2, -0.15) is 5.26 Å². The number of rotatable bonds is 6. The summed E-state index contributed by atoms with van der Waals surface area (Å²) in [7, 11) is 0. The van der Waals surface area contributed by atoms with Crippen LogP contribution in [-0.2, 0) is 4.74 Å². The molecule has 8 heteroatoms. The second-order valence-electron chi connectivity index (χ2n) is 5.44. The number of carbonyl (C=O) groups excluding carboxylic acids is 2. The number of benzene rings is 2. The first kappa shape index (κ1) is 19.1. The molecule has 0 unspecified atom stereocenters. The summed E-state index contributed by atoms with van der Waals surface area (Å²) in [5.41, 5.74) is 0.742. The summed E-state index contributed by atoms with van der Waals surface area (Å²) < 4.78 is 10.6. The number of anilines is 1. The van der Waals surface area contributed by atoms with Gasteiger partial charge < -0.3 is 9.47 Å². The number of thiazole rings is 1. The smallest absolute Gasteiger partial charge is 0.350 e. The van der Waals surface area contributed by atoms with Crippen LogP contribution in [0.3, 0.4) is 0 Å². The summed E-state index contributed by atoms with van der Waals surface area (Å²) in [6.45, 7) is 1.98. The van der Waals surface area contributed by atoms with Crippen LogP contribution in [0.1, 0.15) is 32.5 Å². The lowest BCUT2D eigenvalue weighted by atomic mass is 10.2. The predicted molar refractivity (Wildman–Crippen MR) is 104 cm³/mol. The first-order valence-electron chi connectivity index (χ1n) is 8.32. The van der Waals surface area contributed by atoms with E-state index in [1.54, 1.807) is 55.5 Å². The van der Waals surface area contributed by atoms with E-state index in [9.17, 15) is 9.59 Å². The Hall–Kier alpha value is -3.70. The van der Waals surface area contributed by atoms with Gasteiger partial charge in [0.2, 0.25) is 0 Å². The Morgan fingerprint density at radius 3 is 2.82 bits per heavy atom. The molecule has 0 bridgehead atoms. The van der Waals surface area contributed by atoms with Crippen molar-refractivity contribution in [3.63, 3.8) is 0 Å². The topological polar surface area (TPSA) is 101 Å². The fourth-order valence-corrected chi connectivity index (χ4v) is 2.98. The standard InChI is InChI=1S/C20H15N3O4S/c1-2-26-19(25)17-12-22-20(28-17)23-18(24)13-7-5-8-15(10-13)27-16-9-4-3-6-14(16)11-21/h3-10,12H,2H2,1H3,(H,22,23,24). The second-order valence-corrected chi connectivity index (χ2v) is 6.47. The maximum atomic E-state index is 12.5. The molecule has 7 nitrogen and oxygen atoms in total. The van der Waals surface area contributed by atoms with Crippen molar-refractivity contribution in [1.29, 1.82) is 5.26 Å². The molecule has 0 aliphatic rings. The highest BCUT2D eigenvalue weighted by Gasteiger charge is 2.14. The third-order valence-corrected chi connectivity index (χ3v) is 4.43. The number of nitrogens with zero attached hydrogens (tertiary/aromatic N) is 2. The third kappa shape index (κ3) is 4.52. The molecule has 0 aliphatic carbocycles. The van der Waals surface area contributed by atoms with E-state index in [1.165, 1.54) is 6.20 Å². The molecule has 3 rings (SSSR count). The fourth-order valence-electron chi connectivity index (χ4n) is 2.27. The molecule has 0 atom stereocenters. The molecule has 0 fully saturated rings. The molecule has 140 valence electrons. The number of carbonyl (C=O) groups is 2. The van der Waals surface area contributed by atoms with Crippen molar-refractivity contribution < 1.29 is 19.1 Å². The third-order valence-electron chi connectivity index (χ3n) is 3.53. The van der Waals surface area contributed by atoms with E-state index in [4.69, 9.17) is 14.7 Å². The largest absolute Gasteiger partial charge is 0.462 e. The average Bonchev–Trinajstić information content (AvgIpc) is 3.17. The van der Waals surface area contributed by atoms with Crippen molar-refractivity contribution in [1.82, 2.24) is 4.98 Å². The monoisotopic (exact) mass is 393 g/mol. The summed E-state index contributed by atoms with van der Waals surface area (Å²) in [5, 5.41) is 12.1. The van der Waals surface area contributed by atoms with Gasteiger partial charge in [0, 0.05) is 5.56 Å². The Labute approximate surface area is 165 Å². The number of esters is 1. The lowest BCUT2D eigenvalue weighted by molar-refractivity contribution is 0.0531. The van der Waals surface area contributed by atoms with Crippen LogP contribution in [-0.4, -0.2) is 23.5 Å². The van der Waals surface area contributed by atoms with Gasteiger partial charge in [-0.05, 0) is 37.3 Å². The zero-order valence-corrected chi connectivity index (χ0v) is 15.7. The second kappa shape index (κ2) is 8.79. The van der Waals surface area contributed by atoms with E-state index in [2.05, 4.69) is 16.4 Å². The SMILES string of the molecule is CCOC(=O)c1cnc(NC(=O)c2cccc(Oc3ccccc3C#N)c2)s1. The Kier molecular flexibility index (Phi) is 5.99. The van der Waals surface area contributed by atoms with Crippen LogP contribution < -0.4 is 10.1 Å². The molecule has 3 aromatic rings. The molecule has 1 aromatic heterocycles. The Balaban J connectivity index is 1.72. The molecule has 1 N–H and O–H groups in total. The van der Waals surface area contributed by atoms with E-state index in [0.29, 0.717) is 27.5 Å². The Morgan fingerprint density at radius 2 is 2.04 bits per heavy atom. The molecule has 0 saturated carbocycles. The summed E-state index contributed by atoms with van der Waals surface area (Å²) in [6.07, 6.45) is 1.36. The van der Waals surface area contributed by atoms with Crippen molar-refractivity contribution >= 4 is 28.3 Å². The molecular formula is C20H15N3O4S. The van der Waals surface area contributed by atoms with Gasteiger partial charge in [0.05, 0.1) is 18.4 Å². The summed E-state index contributed by atoms with van der Waals surface area (Å²) in [4.78, 5) is 28.5. The summed E-state index contributed by atoms with van der Waals surface area (Å²) in [5.74, 6) is -0.0564. The highest BCUT2D eigenvalue weighted by molar-refractivity contribution is 7.17. The van der Waals surface area contributed by atoms with Crippen LogP contribution in [0.25, 0.3) is 0 Å². The van der Waals surface area contributed by atoms with Gasteiger partial charge in [-0.25, -0.2) is 9.78 Å². The van der Waals surface area contributed by atoms with Crippen LogP contribution in [0.5, 0.6) is 11.5 Å². The lowest BCUT2D eigenvalue weighted by Crippen LogP contribution is -2.11. The number of amides is 1. The molecule has 1 heterocycles. The molecule has 2 aromatic carbocycles. The zero-order valence-electron chi connectivity index (χ0n) is 14.8. The number of ether oxygens (including phenoxy) is 2. The zero-order chi connectivity index (χ0) is 19.9. The van der Waals surface area contributed by atoms with Gasteiger partial charge in [0.15, 0.2) is 5.13 Å². The van der Waals surface area contributed by atoms with Crippen LogP contribution in [0, 0.1) is 11.3 Å². The number of para-hydroxylation sites is 1. The van der Waals surface area contributed by atoms with Crippen LogP contribution in [0.15, 0.2) is 54.7 Å². The molecule has 0 radical (unpaired) electrons. The van der Waals surface area contributed by atoms with Crippen molar-refractivity contribution in [3.8, 4) is 17.6 Å². The first-order chi connectivity index (χ1) is 13.6. The number of hydrogen-bond acceptors (Lipinski definition) is 7. The Bertz CT molecular complexity index is 1060. The highest BCUT2D eigenvalue weighted by Crippen LogP contribution is 2.26. The minimum atomic E-state index is -0.480. The van der Waals surface area contributed by atoms with Crippen LogP contribution in [0.2, 0.25) is 0 Å². The molecular weight excluding hydrogens is 378 g/mol. The van der Waals surface area contributed by atoms with Crippen LogP contribution >= 0.6 is 11.3 Å². The maximum absolute atomic E-state index is 12.5. The van der Waals surface area contributed by atoms with E-state index in [-0.39, 0.29) is 11.7 Å². The van der Waals surface area contributed by atoms with E-state index in [1.807, 2.05) is 0 Å². The highest BCUT2D eigenvalue weighted by atomic mass is 32.1. The molecule has 0 saturated heterocycles. The molecule has 0 spiro atoms. The number of hydrogen-bond donors (Lipinski definition) is 1. The number of aromatic nitrogens is 1. The normalized spacial score (nSPS) is 10.0. The van der Waals surface area contributed by atoms with Crippen molar-refractivity contribution in [2.45, 2.75) is 6.92 Å². The van der Waals surface area contributed by atoms with Gasteiger partial charge in [0.1, 0.15) is 22.4 Å². The van der Waals surface area contributed by atoms with Gasteiger partial charge in [-0.3, -0.25) is 10.1 Å². The van der Waals surface area contributed by atoms with Gasteiger partial charge in [-0.15, -0.1) is 0 Å². The minimum absolute atomic E-state index is 0.264. The first-order valence-corrected chi connectivity index (χ1v) is 9.13. The lowest BCUT2D eigenvalue weighted by Gasteiger charge is -2.08. The molecule has 0 aliphatic heterocycles.